The van der Waals surface area contributed by atoms with Crippen LogP contribution >= 0.6 is 0 Å². The molecule has 0 aromatic carbocycles. The number of pyridine rings is 1. The number of hydrogen-bond donors (Lipinski definition) is 1. The number of nitrogens with two attached hydrogens (primary N) is 1. The van der Waals surface area contributed by atoms with Crippen molar-refractivity contribution in [2.24, 2.45) is 17.6 Å². The highest BCUT2D eigenvalue weighted by molar-refractivity contribution is 5.94. The van der Waals surface area contributed by atoms with E-state index in [-0.39, 0.29) is 18.0 Å². The first-order valence-corrected chi connectivity index (χ1v) is 10.1. The number of aromatic nitrogens is 1. The predicted octanol–water partition coefficient (Wildman–Crippen LogP) is 3.24. The lowest BCUT2D eigenvalue weighted by Crippen LogP contribution is -2.56. The molecule has 1 aromatic rings. The molecule has 2 N–H and O–H groups in total. The third-order valence-corrected chi connectivity index (χ3v) is 6.18. The molecule has 5 heteroatoms. The molecule has 144 valence electrons. The van der Waals surface area contributed by atoms with Crippen molar-refractivity contribution >= 4 is 5.91 Å². The van der Waals surface area contributed by atoms with Crippen LogP contribution in [0.2, 0.25) is 0 Å². The van der Waals surface area contributed by atoms with Gasteiger partial charge in [-0.25, -0.2) is 0 Å². The average molecular weight is 360 g/mol. The zero-order chi connectivity index (χ0) is 18.5. The van der Waals surface area contributed by atoms with E-state index in [0.29, 0.717) is 18.3 Å². The largest absolute Gasteiger partial charge is 0.376 e. The number of nitrogens with zero attached hydrogens (tertiary/aromatic N) is 2. The molecule has 1 saturated heterocycles. The number of carbonyl (C=O) groups is 1. The topological polar surface area (TPSA) is 68.5 Å². The summed E-state index contributed by atoms with van der Waals surface area (Å²) in [6.45, 7) is 5.93. The number of likely N-dealkylation sites (tertiary alicyclic amines) is 1. The van der Waals surface area contributed by atoms with E-state index in [1.165, 1.54) is 12.8 Å². The van der Waals surface area contributed by atoms with Gasteiger partial charge in [0, 0.05) is 30.5 Å². The molecule has 1 aromatic heterocycles. The van der Waals surface area contributed by atoms with Gasteiger partial charge in [-0.05, 0) is 62.5 Å². The Morgan fingerprint density at radius 2 is 1.92 bits per heavy atom. The van der Waals surface area contributed by atoms with Gasteiger partial charge in [-0.3, -0.25) is 9.78 Å². The highest BCUT2D eigenvalue weighted by atomic mass is 16.5. The Kier molecular flexibility index (Phi) is 6.65. The van der Waals surface area contributed by atoms with Crippen LogP contribution in [-0.4, -0.2) is 47.1 Å². The van der Waals surface area contributed by atoms with Crippen molar-refractivity contribution < 1.29 is 9.53 Å². The van der Waals surface area contributed by atoms with E-state index in [2.05, 4.69) is 18.8 Å². The molecule has 2 atom stereocenters. The van der Waals surface area contributed by atoms with Crippen molar-refractivity contribution in [3.8, 4) is 0 Å². The van der Waals surface area contributed by atoms with Crippen molar-refractivity contribution in [2.75, 3.05) is 13.2 Å². The fourth-order valence-electron chi connectivity index (χ4n) is 4.37. The van der Waals surface area contributed by atoms with Crippen LogP contribution in [0.3, 0.4) is 0 Å². The highest BCUT2D eigenvalue weighted by Crippen LogP contribution is 2.31. The molecule has 0 radical (unpaired) electrons. The van der Waals surface area contributed by atoms with Crippen molar-refractivity contribution in [2.45, 2.75) is 70.6 Å². The molecule has 26 heavy (non-hydrogen) atoms. The van der Waals surface area contributed by atoms with Gasteiger partial charge in [0.2, 0.25) is 0 Å². The second kappa shape index (κ2) is 8.96. The molecule has 5 nitrogen and oxygen atoms in total. The van der Waals surface area contributed by atoms with Crippen LogP contribution in [0.25, 0.3) is 0 Å². The molecule has 0 spiro atoms. The lowest BCUT2D eigenvalue weighted by atomic mass is 9.80. The normalized spacial score (nSPS) is 29.8. The Hall–Kier alpha value is -1.46. The van der Waals surface area contributed by atoms with Crippen LogP contribution in [0.4, 0.5) is 0 Å². The van der Waals surface area contributed by atoms with Crippen molar-refractivity contribution in [3.05, 3.63) is 30.1 Å². The maximum Gasteiger partial charge on any atom is 0.254 e. The summed E-state index contributed by atoms with van der Waals surface area (Å²) in [5.41, 5.74) is 7.05. The molecule has 0 unspecified atom stereocenters. The number of carbonyl (C=O) groups excluding carboxylic acids is 1. The summed E-state index contributed by atoms with van der Waals surface area (Å²) < 4.78 is 6.25. The van der Waals surface area contributed by atoms with Gasteiger partial charge in [0.05, 0.1) is 18.8 Å². The monoisotopic (exact) mass is 359 g/mol. The van der Waals surface area contributed by atoms with Gasteiger partial charge < -0.3 is 15.4 Å². The van der Waals surface area contributed by atoms with E-state index in [4.69, 9.17) is 10.5 Å². The summed E-state index contributed by atoms with van der Waals surface area (Å²) in [6.07, 6.45) is 10.3. The van der Waals surface area contributed by atoms with Crippen molar-refractivity contribution in [1.82, 2.24) is 9.88 Å². The third-order valence-electron chi connectivity index (χ3n) is 6.18. The second-order valence-electron chi connectivity index (χ2n) is 8.22. The summed E-state index contributed by atoms with van der Waals surface area (Å²) in [4.78, 5) is 18.8. The quantitative estimate of drug-likeness (QED) is 0.876. The van der Waals surface area contributed by atoms with Gasteiger partial charge in [-0.1, -0.05) is 13.8 Å². The summed E-state index contributed by atoms with van der Waals surface area (Å²) in [6, 6.07) is 3.50. The van der Waals surface area contributed by atoms with Gasteiger partial charge in [0.25, 0.3) is 5.91 Å². The zero-order valence-corrected chi connectivity index (χ0v) is 16.1. The lowest BCUT2D eigenvalue weighted by Gasteiger charge is -2.41. The fraction of sp³-hybridized carbons (Fsp3) is 0.714. The Balaban J connectivity index is 1.58. The van der Waals surface area contributed by atoms with E-state index in [1.807, 2.05) is 4.90 Å². The van der Waals surface area contributed by atoms with E-state index in [9.17, 15) is 4.79 Å². The summed E-state index contributed by atoms with van der Waals surface area (Å²) in [7, 11) is 0. The van der Waals surface area contributed by atoms with Gasteiger partial charge in [-0.2, -0.15) is 0 Å². The van der Waals surface area contributed by atoms with Gasteiger partial charge in [0.15, 0.2) is 0 Å². The minimum atomic E-state index is -0.0350. The molecular formula is C21H33N3O2. The van der Waals surface area contributed by atoms with Gasteiger partial charge >= 0.3 is 0 Å². The van der Waals surface area contributed by atoms with Crippen LogP contribution in [0, 0.1) is 11.8 Å². The van der Waals surface area contributed by atoms with Crippen LogP contribution in [-0.2, 0) is 4.74 Å². The maximum absolute atomic E-state index is 12.9. The Morgan fingerprint density at radius 3 is 2.58 bits per heavy atom. The van der Waals surface area contributed by atoms with E-state index >= 15 is 0 Å². The number of amides is 1. The molecule has 2 heterocycles. The average Bonchev–Trinajstić information content (AvgIpc) is 2.67. The Bertz CT molecular complexity index is 570. The van der Waals surface area contributed by atoms with E-state index < -0.39 is 0 Å². The van der Waals surface area contributed by atoms with Gasteiger partial charge in [-0.15, -0.1) is 0 Å². The van der Waals surface area contributed by atoms with E-state index in [1.54, 1.807) is 24.5 Å². The first kappa shape index (κ1) is 19.3. The molecule has 1 saturated carbocycles. The van der Waals surface area contributed by atoms with E-state index in [0.717, 1.165) is 44.1 Å². The predicted molar refractivity (Wildman–Crippen MR) is 103 cm³/mol. The summed E-state index contributed by atoms with van der Waals surface area (Å²) >= 11 is 0. The SMILES string of the molecule is CC(C)C1CCC(OC[C@H]2[C@@H](N)CCCN2C(=O)c2ccncc2)CC1. The molecule has 0 bridgehead atoms. The summed E-state index contributed by atoms with van der Waals surface area (Å²) in [5.74, 6) is 1.63. The molecule has 1 amide bonds. The maximum atomic E-state index is 12.9. The highest BCUT2D eigenvalue weighted by Gasteiger charge is 2.34. The van der Waals surface area contributed by atoms with Crippen LogP contribution in [0.5, 0.6) is 0 Å². The number of piperidine rings is 1. The molecule has 3 rings (SSSR count). The minimum Gasteiger partial charge on any atom is -0.376 e. The Labute approximate surface area is 157 Å². The smallest absolute Gasteiger partial charge is 0.254 e. The molecule has 2 fully saturated rings. The first-order valence-electron chi connectivity index (χ1n) is 10.1. The van der Waals surface area contributed by atoms with Crippen molar-refractivity contribution in [1.29, 1.82) is 0 Å². The second-order valence-corrected chi connectivity index (χ2v) is 8.22. The lowest BCUT2D eigenvalue weighted by molar-refractivity contribution is -0.0268. The number of hydrogen-bond acceptors (Lipinski definition) is 4. The third kappa shape index (κ3) is 4.63. The van der Waals surface area contributed by atoms with Crippen LogP contribution in [0.15, 0.2) is 24.5 Å². The summed E-state index contributed by atoms with van der Waals surface area (Å²) in [5, 5.41) is 0. The van der Waals surface area contributed by atoms with Gasteiger partial charge in [0.1, 0.15) is 0 Å². The Morgan fingerprint density at radius 1 is 1.23 bits per heavy atom. The fourth-order valence-corrected chi connectivity index (χ4v) is 4.37. The van der Waals surface area contributed by atoms with Crippen LogP contribution < -0.4 is 5.73 Å². The minimum absolute atomic E-state index is 0.0125. The molecule has 1 aliphatic carbocycles. The molecule has 2 aliphatic rings. The number of ether oxygens (including phenoxy) is 1. The zero-order valence-electron chi connectivity index (χ0n) is 16.1. The van der Waals surface area contributed by atoms with Crippen LogP contribution in [0.1, 0.15) is 62.7 Å². The first-order chi connectivity index (χ1) is 12.6. The molecular weight excluding hydrogens is 326 g/mol. The molecule has 1 aliphatic heterocycles. The van der Waals surface area contributed by atoms with Crippen molar-refractivity contribution in [3.63, 3.8) is 0 Å². The number of rotatable bonds is 5. The standard InChI is InChI=1S/C21H33N3O2/c1-15(2)16-5-7-18(8-6-16)26-14-20-19(22)4-3-13-24(20)21(25)17-9-11-23-12-10-17/h9-12,15-16,18-20H,3-8,13-14,22H2,1-2H3/t16?,18?,19-,20-/m0/s1.